The molecular formula is C16H17NO2. The summed E-state index contributed by atoms with van der Waals surface area (Å²) >= 11 is 0. The molecule has 3 heteroatoms. The fourth-order valence-corrected chi connectivity index (χ4v) is 1.95. The molecule has 0 saturated carbocycles. The van der Waals surface area contributed by atoms with E-state index in [2.05, 4.69) is 0 Å². The van der Waals surface area contributed by atoms with Crippen molar-refractivity contribution in [2.24, 2.45) is 5.73 Å². The summed E-state index contributed by atoms with van der Waals surface area (Å²) in [5.74, 6) is 0.598. The average Bonchev–Trinajstić information content (AvgIpc) is 2.47. The zero-order chi connectivity index (χ0) is 13.7. The van der Waals surface area contributed by atoms with E-state index in [9.17, 15) is 4.79 Å². The van der Waals surface area contributed by atoms with Gasteiger partial charge in [-0.2, -0.15) is 0 Å². The lowest BCUT2D eigenvalue weighted by atomic mass is 9.98. The molecule has 0 aromatic heterocycles. The van der Waals surface area contributed by atoms with E-state index in [-0.39, 0.29) is 5.78 Å². The third kappa shape index (κ3) is 3.42. The van der Waals surface area contributed by atoms with E-state index in [1.807, 2.05) is 30.3 Å². The Morgan fingerprint density at radius 1 is 1.16 bits per heavy atom. The number of Topliss-reactive ketones (excluding diaryl/α,β-unsaturated/α-hetero) is 1. The molecule has 0 aliphatic carbocycles. The highest BCUT2D eigenvalue weighted by molar-refractivity contribution is 6.00. The van der Waals surface area contributed by atoms with Crippen LogP contribution >= 0.6 is 0 Å². The predicted octanol–water partition coefficient (Wildman–Crippen LogP) is 2.45. The smallest absolute Gasteiger partial charge is 0.179 e. The zero-order valence-electron chi connectivity index (χ0n) is 10.9. The SMILES string of the molecule is COc1cccc(C(=O)C(N)Cc2ccccc2)c1. The summed E-state index contributed by atoms with van der Waals surface area (Å²) in [4.78, 5) is 12.2. The van der Waals surface area contributed by atoms with Crippen LogP contribution < -0.4 is 10.5 Å². The topological polar surface area (TPSA) is 52.3 Å². The molecule has 0 amide bonds. The molecule has 0 bridgehead atoms. The summed E-state index contributed by atoms with van der Waals surface area (Å²) < 4.78 is 5.11. The highest BCUT2D eigenvalue weighted by atomic mass is 16.5. The molecule has 0 aliphatic rings. The molecule has 1 unspecified atom stereocenters. The van der Waals surface area contributed by atoms with Crippen molar-refractivity contribution < 1.29 is 9.53 Å². The zero-order valence-corrected chi connectivity index (χ0v) is 10.9. The molecule has 3 nitrogen and oxygen atoms in total. The summed E-state index contributed by atoms with van der Waals surface area (Å²) in [7, 11) is 1.58. The number of methoxy groups -OCH3 is 1. The number of carbonyl (C=O) groups excluding carboxylic acids is 1. The van der Waals surface area contributed by atoms with Crippen LogP contribution in [0.5, 0.6) is 5.75 Å². The minimum absolute atomic E-state index is 0.0669. The first kappa shape index (κ1) is 13.3. The monoisotopic (exact) mass is 255 g/mol. The van der Waals surface area contributed by atoms with Gasteiger partial charge in [0.25, 0.3) is 0 Å². The van der Waals surface area contributed by atoms with E-state index in [0.717, 1.165) is 5.56 Å². The van der Waals surface area contributed by atoms with Crippen LogP contribution in [0.1, 0.15) is 15.9 Å². The molecule has 2 N–H and O–H groups in total. The van der Waals surface area contributed by atoms with Crippen molar-refractivity contribution in [1.82, 2.24) is 0 Å². The lowest BCUT2D eigenvalue weighted by Crippen LogP contribution is -2.32. The van der Waals surface area contributed by atoms with Crippen LogP contribution in [0.15, 0.2) is 54.6 Å². The van der Waals surface area contributed by atoms with Gasteiger partial charge in [-0.1, -0.05) is 42.5 Å². The number of nitrogens with two attached hydrogens (primary N) is 1. The van der Waals surface area contributed by atoms with Crippen LogP contribution in [-0.2, 0) is 6.42 Å². The van der Waals surface area contributed by atoms with Gasteiger partial charge in [-0.3, -0.25) is 4.79 Å². The van der Waals surface area contributed by atoms with Gasteiger partial charge < -0.3 is 10.5 Å². The van der Waals surface area contributed by atoms with Crippen molar-refractivity contribution in [3.8, 4) is 5.75 Å². The molecule has 2 rings (SSSR count). The molecule has 0 fully saturated rings. The normalized spacial score (nSPS) is 11.9. The standard InChI is InChI=1S/C16H17NO2/c1-19-14-9-5-8-13(11-14)16(18)15(17)10-12-6-3-2-4-7-12/h2-9,11,15H,10,17H2,1H3. The fraction of sp³-hybridized carbons (Fsp3) is 0.188. The number of ether oxygens (including phenoxy) is 1. The Morgan fingerprint density at radius 2 is 1.89 bits per heavy atom. The van der Waals surface area contributed by atoms with E-state index >= 15 is 0 Å². The summed E-state index contributed by atoms with van der Waals surface area (Å²) in [6.45, 7) is 0. The second-order valence-electron chi connectivity index (χ2n) is 4.39. The van der Waals surface area contributed by atoms with Crippen LogP contribution in [0.2, 0.25) is 0 Å². The van der Waals surface area contributed by atoms with Crippen molar-refractivity contribution in [3.05, 3.63) is 65.7 Å². The second-order valence-corrected chi connectivity index (χ2v) is 4.39. The van der Waals surface area contributed by atoms with Gasteiger partial charge in [-0.05, 0) is 24.1 Å². The molecule has 0 saturated heterocycles. The van der Waals surface area contributed by atoms with Gasteiger partial charge >= 0.3 is 0 Å². The Labute approximate surface area is 113 Å². The molecule has 0 spiro atoms. The maximum atomic E-state index is 12.2. The van der Waals surface area contributed by atoms with Crippen LogP contribution in [0.4, 0.5) is 0 Å². The van der Waals surface area contributed by atoms with Crippen molar-refractivity contribution in [3.63, 3.8) is 0 Å². The first-order valence-corrected chi connectivity index (χ1v) is 6.18. The number of hydrogen-bond acceptors (Lipinski definition) is 3. The van der Waals surface area contributed by atoms with Crippen LogP contribution in [0.3, 0.4) is 0 Å². The Morgan fingerprint density at radius 3 is 2.58 bits per heavy atom. The largest absolute Gasteiger partial charge is 0.497 e. The molecule has 98 valence electrons. The van der Waals surface area contributed by atoms with Crippen LogP contribution in [0.25, 0.3) is 0 Å². The van der Waals surface area contributed by atoms with Gasteiger partial charge in [0.15, 0.2) is 5.78 Å². The van der Waals surface area contributed by atoms with E-state index in [1.165, 1.54) is 0 Å². The maximum Gasteiger partial charge on any atom is 0.179 e. The number of rotatable bonds is 5. The average molecular weight is 255 g/mol. The second kappa shape index (κ2) is 6.16. The minimum atomic E-state index is -0.533. The molecule has 2 aromatic rings. The molecule has 1 atom stereocenters. The van der Waals surface area contributed by atoms with E-state index in [4.69, 9.17) is 10.5 Å². The fourth-order valence-electron chi connectivity index (χ4n) is 1.95. The van der Waals surface area contributed by atoms with Gasteiger partial charge in [-0.25, -0.2) is 0 Å². The Kier molecular flexibility index (Phi) is 4.31. The Hall–Kier alpha value is -2.13. The van der Waals surface area contributed by atoms with Gasteiger partial charge in [-0.15, -0.1) is 0 Å². The van der Waals surface area contributed by atoms with Crippen molar-refractivity contribution in [2.45, 2.75) is 12.5 Å². The van der Waals surface area contributed by atoms with Gasteiger partial charge in [0.05, 0.1) is 13.2 Å². The van der Waals surface area contributed by atoms with E-state index in [1.54, 1.807) is 31.4 Å². The van der Waals surface area contributed by atoms with Gasteiger partial charge in [0.2, 0.25) is 0 Å². The van der Waals surface area contributed by atoms with E-state index < -0.39 is 6.04 Å². The Balaban J connectivity index is 2.10. The van der Waals surface area contributed by atoms with Gasteiger partial charge in [0, 0.05) is 5.56 Å². The van der Waals surface area contributed by atoms with Crippen molar-refractivity contribution >= 4 is 5.78 Å². The third-order valence-electron chi connectivity index (χ3n) is 2.99. The summed E-state index contributed by atoms with van der Waals surface area (Å²) in [5.41, 5.74) is 7.63. The van der Waals surface area contributed by atoms with Crippen molar-refractivity contribution in [2.75, 3.05) is 7.11 Å². The first-order valence-electron chi connectivity index (χ1n) is 6.18. The van der Waals surface area contributed by atoms with Gasteiger partial charge in [0.1, 0.15) is 5.75 Å². The maximum absolute atomic E-state index is 12.2. The molecule has 0 heterocycles. The van der Waals surface area contributed by atoms with Crippen molar-refractivity contribution in [1.29, 1.82) is 0 Å². The molecule has 0 aliphatic heterocycles. The quantitative estimate of drug-likeness (QED) is 0.835. The highest BCUT2D eigenvalue weighted by Gasteiger charge is 2.16. The predicted molar refractivity (Wildman–Crippen MR) is 75.4 cm³/mol. The number of benzene rings is 2. The lowest BCUT2D eigenvalue weighted by Gasteiger charge is -2.11. The Bertz CT molecular complexity index is 552. The summed E-state index contributed by atoms with van der Waals surface area (Å²) in [5, 5.41) is 0. The lowest BCUT2D eigenvalue weighted by molar-refractivity contribution is 0.0960. The third-order valence-corrected chi connectivity index (χ3v) is 2.99. The molecule has 0 radical (unpaired) electrons. The highest BCUT2D eigenvalue weighted by Crippen LogP contribution is 2.15. The van der Waals surface area contributed by atoms with E-state index in [0.29, 0.717) is 17.7 Å². The molecule has 19 heavy (non-hydrogen) atoms. The molecule has 2 aromatic carbocycles. The summed E-state index contributed by atoms with van der Waals surface area (Å²) in [6, 6.07) is 16.3. The minimum Gasteiger partial charge on any atom is -0.497 e. The summed E-state index contributed by atoms with van der Waals surface area (Å²) in [6.07, 6.45) is 0.539. The number of ketones is 1. The van der Waals surface area contributed by atoms with Crippen LogP contribution in [-0.4, -0.2) is 18.9 Å². The number of carbonyl (C=O) groups is 1. The first-order chi connectivity index (χ1) is 9.20. The molecular weight excluding hydrogens is 238 g/mol. The van der Waals surface area contributed by atoms with Crippen LogP contribution in [0, 0.1) is 0 Å². The number of hydrogen-bond donors (Lipinski definition) is 1.